The maximum Gasteiger partial charge on any atom is 0.238 e. The van der Waals surface area contributed by atoms with Gasteiger partial charge in [-0.05, 0) is 44.6 Å². The van der Waals surface area contributed by atoms with Crippen molar-refractivity contribution in [1.82, 2.24) is 10.2 Å². The van der Waals surface area contributed by atoms with Crippen LogP contribution in [-0.4, -0.2) is 44.0 Å². The van der Waals surface area contributed by atoms with E-state index in [9.17, 15) is 4.79 Å². The number of hydrogen-bond acceptors (Lipinski definition) is 3. The van der Waals surface area contributed by atoms with Crippen LogP contribution in [0.2, 0.25) is 15.1 Å². The van der Waals surface area contributed by atoms with Gasteiger partial charge in [0.1, 0.15) is 0 Å². The summed E-state index contributed by atoms with van der Waals surface area (Å²) in [5.74, 6) is 0.483. The van der Waals surface area contributed by atoms with Gasteiger partial charge in [-0.15, -0.1) is 12.4 Å². The van der Waals surface area contributed by atoms with E-state index in [1.807, 2.05) is 7.05 Å². The second-order valence-electron chi connectivity index (χ2n) is 5.24. The van der Waals surface area contributed by atoms with E-state index in [0.29, 0.717) is 33.2 Å². The fraction of sp³-hybridized carbons (Fsp3) is 0.500. The highest BCUT2D eigenvalue weighted by Gasteiger charge is 2.23. The molecule has 2 N–H and O–H groups in total. The average molecular weight is 387 g/mol. The quantitative estimate of drug-likeness (QED) is 0.813. The van der Waals surface area contributed by atoms with Crippen LogP contribution in [-0.2, 0) is 4.79 Å². The highest BCUT2D eigenvalue weighted by Crippen LogP contribution is 2.33. The number of nitrogens with one attached hydrogen (secondary N) is 2. The fourth-order valence-electron chi connectivity index (χ4n) is 2.56. The number of carbonyl (C=O) groups excluding carboxylic acids is 1. The Balaban J connectivity index is 0.00000242. The minimum Gasteiger partial charge on any atom is -0.322 e. The van der Waals surface area contributed by atoms with Gasteiger partial charge >= 0.3 is 0 Å². The molecule has 1 aromatic carbocycles. The number of hydrogen-bond donors (Lipinski definition) is 2. The Morgan fingerprint density at radius 1 is 1.32 bits per heavy atom. The second-order valence-corrected chi connectivity index (χ2v) is 6.49. The van der Waals surface area contributed by atoms with E-state index in [-0.39, 0.29) is 18.3 Å². The Hall–Kier alpha value is -0.230. The SMILES string of the molecule is CNCC1CCN(CC(=O)Nc2c(Cl)cc(Cl)cc2Cl)C1.Cl. The van der Waals surface area contributed by atoms with Crippen LogP contribution in [0.3, 0.4) is 0 Å². The van der Waals surface area contributed by atoms with Gasteiger partial charge in [-0.25, -0.2) is 0 Å². The lowest BCUT2D eigenvalue weighted by atomic mass is 10.1. The molecule has 1 atom stereocenters. The van der Waals surface area contributed by atoms with Crippen LogP contribution in [0.15, 0.2) is 12.1 Å². The molecule has 2 rings (SSSR count). The van der Waals surface area contributed by atoms with Crippen molar-refractivity contribution < 1.29 is 4.79 Å². The summed E-state index contributed by atoms with van der Waals surface area (Å²) >= 11 is 18.0. The van der Waals surface area contributed by atoms with Gasteiger partial charge in [0.25, 0.3) is 0 Å². The minimum absolute atomic E-state index is 0. The smallest absolute Gasteiger partial charge is 0.238 e. The van der Waals surface area contributed by atoms with Gasteiger partial charge in [0.15, 0.2) is 0 Å². The molecule has 0 bridgehead atoms. The van der Waals surface area contributed by atoms with E-state index < -0.39 is 0 Å². The van der Waals surface area contributed by atoms with Crippen LogP contribution in [0.25, 0.3) is 0 Å². The van der Waals surface area contributed by atoms with E-state index in [2.05, 4.69) is 15.5 Å². The number of anilines is 1. The summed E-state index contributed by atoms with van der Waals surface area (Å²) < 4.78 is 0. The van der Waals surface area contributed by atoms with E-state index in [0.717, 1.165) is 26.1 Å². The number of likely N-dealkylation sites (tertiary alicyclic amines) is 1. The van der Waals surface area contributed by atoms with Crippen molar-refractivity contribution in [2.24, 2.45) is 5.92 Å². The van der Waals surface area contributed by atoms with Gasteiger partial charge in [0, 0.05) is 11.6 Å². The van der Waals surface area contributed by atoms with Crippen LogP contribution in [0.5, 0.6) is 0 Å². The molecule has 0 spiro atoms. The van der Waals surface area contributed by atoms with Crippen LogP contribution in [0.1, 0.15) is 6.42 Å². The van der Waals surface area contributed by atoms with Gasteiger partial charge in [-0.3, -0.25) is 9.69 Å². The van der Waals surface area contributed by atoms with E-state index in [1.54, 1.807) is 12.1 Å². The zero-order valence-corrected chi connectivity index (χ0v) is 15.2. The summed E-state index contributed by atoms with van der Waals surface area (Å²) in [5.41, 5.74) is 0.415. The summed E-state index contributed by atoms with van der Waals surface area (Å²) in [7, 11) is 1.94. The number of benzene rings is 1. The van der Waals surface area contributed by atoms with Crippen LogP contribution >= 0.6 is 47.2 Å². The van der Waals surface area contributed by atoms with Gasteiger partial charge in [0.2, 0.25) is 5.91 Å². The number of carbonyl (C=O) groups is 1. The first-order chi connectivity index (χ1) is 9.99. The van der Waals surface area contributed by atoms with Gasteiger partial charge < -0.3 is 10.6 Å². The Morgan fingerprint density at radius 3 is 2.55 bits per heavy atom. The molecule has 1 heterocycles. The molecule has 1 aliphatic rings. The van der Waals surface area contributed by atoms with E-state index in [1.165, 1.54) is 0 Å². The van der Waals surface area contributed by atoms with Gasteiger partial charge in [0.05, 0.1) is 22.3 Å². The third-order valence-corrected chi connectivity index (χ3v) is 4.32. The zero-order chi connectivity index (χ0) is 15.4. The molecular formula is C14H19Cl4N3O. The summed E-state index contributed by atoms with van der Waals surface area (Å²) in [6.07, 6.45) is 1.11. The molecule has 0 aliphatic carbocycles. The largest absolute Gasteiger partial charge is 0.322 e. The van der Waals surface area contributed by atoms with Crippen molar-refractivity contribution in [1.29, 1.82) is 0 Å². The maximum atomic E-state index is 12.1. The topological polar surface area (TPSA) is 44.4 Å². The van der Waals surface area contributed by atoms with Crippen molar-refractivity contribution in [2.75, 3.05) is 38.5 Å². The van der Waals surface area contributed by atoms with E-state index >= 15 is 0 Å². The lowest BCUT2D eigenvalue weighted by Gasteiger charge is -2.16. The highest BCUT2D eigenvalue weighted by molar-refractivity contribution is 6.42. The zero-order valence-electron chi connectivity index (χ0n) is 12.2. The molecule has 1 saturated heterocycles. The van der Waals surface area contributed by atoms with Crippen molar-refractivity contribution >= 4 is 58.8 Å². The molecule has 0 radical (unpaired) electrons. The van der Waals surface area contributed by atoms with Crippen LogP contribution in [0.4, 0.5) is 5.69 Å². The molecular weight excluding hydrogens is 368 g/mol. The molecule has 0 aromatic heterocycles. The van der Waals surface area contributed by atoms with Crippen molar-refractivity contribution in [2.45, 2.75) is 6.42 Å². The molecule has 1 aliphatic heterocycles. The summed E-state index contributed by atoms with van der Waals surface area (Å²) in [6.45, 7) is 3.18. The highest BCUT2D eigenvalue weighted by atomic mass is 35.5. The normalized spacial score (nSPS) is 18.1. The molecule has 1 unspecified atom stereocenters. The lowest BCUT2D eigenvalue weighted by molar-refractivity contribution is -0.117. The first-order valence-corrected chi connectivity index (χ1v) is 7.94. The molecule has 4 nitrogen and oxygen atoms in total. The third-order valence-electron chi connectivity index (χ3n) is 3.50. The lowest BCUT2D eigenvalue weighted by Crippen LogP contribution is -2.32. The summed E-state index contributed by atoms with van der Waals surface area (Å²) in [5, 5.41) is 7.06. The summed E-state index contributed by atoms with van der Waals surface area (Å²) in [4.78, 5) is 14.2. The Bertz CT molecular complexity index is 504. The van der Waals surface area contributed by atoms with Crippen molar-refractivity contribution in [3.63, 3.8) is 0 Å². The summed E-state index contributed by atoms with van der Waals surface area (Å²) in [6, 6.07) is 3.12. The molecule has 0 saturated carbocycles. The average Bonchev–Trinajstić information content (AvgIpc) is 2.81. The van der Waals surface area contributed by atoms with Crippen LogP contribution < -0.4 is 10.6 Å². The Morgan fingerprint density at radius 2 is 1.95 bits per heavy atom. The first kappa shape index (κ1) is 19.8. The Labute approximate surface area is 151 Å². The molecule has 1 aromatic rings. The number of amides is 1. The standard InChI is InChI=1S/C14H18Cl3N3O.ClH/c1-18-6-9-2-3-20(7-9)8-13(21)19-14-11(16)4-10(15)5-12(14)17;/h4-5,9,18H,2-3,6-8H2,1H3,(H,19,21);1H. The predicted octanol–water partition coefficient (Wildman–Crippen LogP) is 3.55. The van der Waals surface area contributed by atoms with E-state index in [4.69, 9.17) is 34.8 Å². The van der Waals surface area contributed by atoms with Crippen molar-refractivity contribution in [3.05, 3.63) is 27.2 Å². The molecule has 1 amide bonds. The Kier molecular flexibility index (Phi) is 8.25. The molecule has 1 fully saturated rings. The minimum atomic E-state index is -0.119. The first-order valence-electron chi connectivity index (χ1n) is 6.81. The second kappa shape index (κ2) is 9.16. The van der Waals surface area contributed by atoms with Crippen molar-refractivity contribution in [3.8, 4) is 0 Å². The fourth-order valence-corrected chi connectivity index (χ4v) is 3.47. The van der Waals surface area contributed by atoms with Gasteiger partial charge in [-0.1, -0.05) is 34.8 Å². The molecule has 124 valence electrons. The molecule has 22 heavy (non-hydrogen) atoms. The third kappa shape index (κ3) is 5.44. The number of rotatable bonds is 5. The number of nitrogens with zero attached hydrogens (tertiary/aromatic N) is 1. The monoisotopic (exact) mass is 385 g/mol. The molecule has 8 heteroatoms. The number of halogens is 4. The predicted molar refractivity (Wildman–Crippen MR) is 95.8 cm³/mol. The van der Waals surface area contributed by atoms with Crippen LogP contribution in [0, 0.1) is 5.92 Å². The van der Waals surface area contributed by atoms with Gasteiger partial charge in [-0.2, -0.15) is 0 Å². The maximum absolute atomic E-state index is 12.1.